The zero-order valence-electron chi connectivity index (χ0n) is 10.5. The van der Waals surface area contributed by atoms with Crippen LogP contribution in [0.4, 0.5) is 4.39 Å². The lowest BCUT2D eigenvalue weighted by Crippen LogP contribution is -2.44. The number of carboxylic acid groups (broad SMARTS) is 1. The van der Waals surface area contributed by atoms with Crippen LogP contribution in [-0.4, -0.2) is 36.1 Å². The summed E-state index contributed by atoms with van der Waals surface area (Å²) in [6, 6.07) is 6.25. The van der Waals surface area contributed by atoms with Crippen LogP contribution in [0.25, 0.3) is 0 Å². The largest absolute Gasteiger partial charge is 0.481 e. The van der Waals surface area contributed by atoms with Crippen molar-refractivity contribution in [3.63, 3.8) is 0 Å². The van der Waals surface area contributed by atoms with Crippen LogP contribution < -0.4 is 0 Å². The molecular weight excluding hydrogens is 233 g/mol. The smallest absolute Gasteiger partial charge is 0.310 e. The number of carboxylic acids is 1. The number of aliphatic carboxylic acids is 1. The Hall–Kier alpha value is -1.42. The van der Waals surface area contributed by atoms with Crippen molar-refractivity contribution in [2.75, 3.05) is 20.1 Å². The van der Waals surface area contributed by atoms with Gasteiger partial charge in [-0.1, -0.05) is 12.1 Å². The van der Waals surface area contributed by atoms with Crippen LogP contribution in [0.15, 0.2) is 24.3 Å². The number of nitrogens with zero attached hydrogens (tertiary/aromatic N) is 1. The summed E-state index contributed by atoms with van der Waals surface area (Å²) < 4.78 is 13.2. The van der Waals surface area contributed by atoms with Gasteiger partial charge in [-0.2, -0.15) is 0 Å². The van der Waals surface area contributed by atoms with Crippen LogP contribution in [0, 0.1) is 11.2 Å². The van der Waals surface area contributed by atoms with E-state index in [0.29, 0.717) is 19.3 Å². The first-order chi connectivity index (χ1) is 8.52. The van der Waals surface area contributed by atoms with Crippen LogP contribution in [0.5, 0.6) is 0 Å². The summed E-state index contributed by atoms with van der Waals surface area (Å²) in [7, 11) is 1.99. The number of likely N-dealkylation sites (tertiary alicyclic amines) is 1. The van der Waals surface area contributed by atoms with E-state index in [-0.39, 0.29) is 5.82 Å². The number of rotatable bonds is 3. The maximum atomic E-state index is 13.2. The van der Waals surface area contributed by atoms with Gasteiger partial charge in [0.2, 0.25) is 0 Å². The van der Waals surface area contributed by atoms with Crippen molar-refractivity contribution in [3.05, 3.63) is 35.6 Å². The van der Waals surface area contributed by atoms with Gasteiger partial charge < -0.3 is 10.0 Å². The average molecular weight is 251 g/mol. The van der Waals surface area contributed by atoms with Crippen LogP contribution in [0.1, 0.15) is 18.4 Å². The minimum atomic E-state index is -0.764. The highest BCUT2D eigenvalue weighted by Gasteiger charge is 2.40. The van der Waals surface area contributed by atoms with E-state index in [4.69, 9.17) is 0 Å². The minimum Gasteiger partial charge on any atom is -0.481 e. The van der Waals surface area contributed by atoms with Crippen molar-refractivity contribution >= 4 is 5.97 Å². The summed E-state index contributed by atoms with van der Waals surface area (Å²) in [4.78, 5) is 13.7. The molecule has 1 aliphatic rings. The second-order valence-corrected chi connectivity index (χ2v) is 5.20. The molecule has 0 radical (unpaired) electrons. The normalized spacial score (nSPS) is 19.7. The number of hydrogen-bond donors (Lipinski definition) is 1. The quantitative estimate of drug-likeness (QED) is 0.895. The van der Waals surface area contributed by atoms with Gasteiger partial charge in [-0.3, -0.25) is 4.79 Å². The monoisotopic (exact) mass is 251 g/mol. The molecule has 0 atom stereocenters. The van der Waals surface area contributed by atoms with Crippen LogP contribution in [0.2, 0.25) is 0 Å². The van der Waals surface area contributed by atoms with Crippen LogP contribution in [-0.2, 0) is 11.2 Å². The third kappa shape index (κ3) is 2.70. The summed E-state index contributed by atoms with van der Waals surface area (Å²) >= 11 is 0. The molecule has 0 bridgehead atoms. The van der Waals surface area contributed by atoms with Crippen molar-refractivity contribution in [3.8, 4) is 0 Å². The van der Waals surface area contributed by atoms with Gasteiger partial charge in [0.1, 0.15) is 5.82 Å². The van der Waals surface area contributed by atoms with Crippen LogP contribution >= 0.6 is 0 Å². The Morgan fingerprint density at radius 3 is 2.67 bits per heavy atom. The van der Waals surface area contributed by atoms with Gasteiger partial charge in [0, 0.05) is 0 Å². The number of hydrogen-bond acceptors (Lipinski definition) is 2. The summed E-state index contributed by atoms with van der Waals surface area (Å²) in [5.74, 6) is -1.07. The van der Waals surface area contributed by atoms with E-state index >= 15 is 0 Å². The molecule has 4 heteroatoms. The molecule has 1 aromatic rings. The van der Waals surface area contributed by atoms with E-state index in [1.807, 2.05) is 7.05 Å². The van der Waals surface area contributed by atoms with E-state index in [0.717, 1.165) is 18.7 Å². The first kappa shape index (κ1) is 13.0. The Labute approximate surface area is 106 Å². The van der Waals surface area contributed by atoms with Crippen molar-refractivity contribution in [2.24, 2.45) is 5.41 Å². The van der Waals surface area contributed by atoms with E-state index in [1.165, 1.54) is 12.1 Å². The molecule has 0 aliphatic carbocycles. The Morgan fingerprint density at radius 2 is 2.11 bits per heavy atom. The fraction of sp³-hybridized carbons (Fsp3) is 0.500. The topological polar surface area (TPSA) is 40.5 Å². The van der Waals surface area contributed by atoms with E-state index < -0.39 is 11.4 Å². The highest BCUT2D eigenvalue weighted by molar-refractivity contribution is 5.75. The van der Waals surface area contributed by atoms with E-state index in [1.54, 1.807) is 12.1 Å². The summed E-state index contributed by atoms with van der Waals surface area (Å²) in [5.41, 5.74) is 0.0299. The molecule has 98 valence electrons. The second-order valence-electron chi connectivity index (χ2n) is 5.20. The van der Waals surface area contributed by atoms with Crippen molar-refractivity contribution in [1.82, 2.24) is 4.90 Å². The van der Waals surface area contributed by atoms with Gasteiger partial charge in [-0.05, 0) is 57.1 Å². The fourth-order valence-electron chi connectivity index (χ4n) is 2.55. The van der Waals surface area contributed by atoms with Crippen molar-refractivity contribution in [1.29, 1.82) is 0 Å². The molecule has 2 rings (SSSR count). The Balaban J connectivity index is 2.19. The third-order valence-electron chi connectivity index (χ3n) is 3.83. The zero-order chi connectivity index (χ0) is 13.2. The molecule has 1 fully saturated rings. The fourth-order valence-corrected chi connectivity index (χ4v) is 2.55. The minimum absolute atomic E-state index is 0.305. The van der Waals surface area contributed by atoms with E-state index in [9.17, 15) is 14.3 Å². The molecule has 1 heterocycles. The molecule has 0 amide bonds. The molecule has 3 nitrogen and oxygen atoms in total. The van der Waals surface area contributed by atoms with Gasteiger partial charge in [0.05, 0.1) is 5.41 Å². The lowest BCUT2D eigenvalue weighted by molar-refractivity contribution is -0.151. The van der Waals surface area contributed by atoms with Crippen molar-refractivity contribution < 1.29 is 14.3 Å². The first-order valence-electron chi connectivity index (χ1n) is 6.18. The number of carbonyl (C=O) groups is 1. The molecule has 1 aliphatic heterocycles. The lowest BCUT2D eigenvalue weighted by Gasteiger charge is -2.37. The zero-order valence-corrected chi connectivity index (χ0v) is 10.5. The molecule has 1 N–H and O–H groups in total. The molecule has 0 spiro atoms. The molecule has 0 unspecified atom stereocenters. The van der Waals surface area contributed by atoms with E-state index in [2.05, 4.69) is 4.90 Å². The Bertz CT molecular complexity index is 439. The number of piperidine rings is 1. The highest BCUT2D eigenvalue weighted by Crippen LogP contribution is 2.35. The van der Waals surface area contributed by atoms with Gasteiger partial charge in [-0.25, -0.2) is 4.39 Å². The first-order valence-corrected chi connectivity index (χ1v) is 6.18. The predicted molar refractivity (Wildman–Crippen MR) is 66.9 cm³/mol. The van der Waals surface area contributed by atoms with Crippen LogP contribution in [0.3, 0.4) is 0 Å². The summed E-state index contributed by atoms with van der Waals surface area (Å²) in [5, 5.41) is 9.49. The standard InChI is InChI=1S/C14H18FNO2/c1-16-7-5-14(6-8-16,13(17)18)10-11-3-2-4-12(15)9-11/h2-4,9H,5-8,10H2,1H3,(H,17,18). The molecule has 18 heavy (non-hydrogen) atoms. The number of halogens is 1. The predicted octanol–water partition coefficient (Wildman–Crippen LogP) is 2.16. The second kappa shape index (κ2) is 5.06. The summed E-state index contributed by atoms with van der Waals surface area (Å²) in [6.07, 6.45) is 1.65. The number of benzene rings is 1. The summed E-state index contributed by atoms with van der Waals surface area (Å²) in [6.45, 7) is 1.56. The molecule has 1 aromatic carbocycles. The highest BCUT2D eigenvalue weighted by atomic mass is 19.1. The Kier molecular flexibility index (Phi) is 3.66. The molecule has 0 aromatic heterocycles. The van der Waals surface area contributed by atoms with Gasteiger partial charge in [-0.15, -0.1) is 0 Å². The maximum Gasteiger partial charge on any atom is 0.310 e. The maximum absolute atomic E-state index is 13.2. The van der Waals surface area contributed by atoms with Gasteiger partial charge >= 0.3 is 5.97 Å². The molecule has 1 saturated heterocycles. The molecular formula is C14H18FNO2. The Morgan fingerprint density at radius 1 is 1.44 bits per heavy atom. The third-order valence-corrected chi connectivity index (χ3v) is 3.83. The van der Waals surface area contributed by atoms with Crippen molar-refractivity contribution in [2.45, 2.75) is 19.3 Å². The molecule has 0 saturated carbocycles. The van der Waals surface area contributed by atoms with Gasteiger partial charge in [0.15, 0.2) is 0 Å². The lowest BCUT2D eigenvalue weighted by atomic mass is 9.74. The SMILES string of the molecule is CN1CCC(Cc2cccc(F)c2)(C(=O)O)CC1. The average Bonchev–Trinajstić information content (AvgIpc) is 2.32. The van der Waals surface area contributed by atoms with Gasteiger partial charge in [0.25, 0.3) is 0 Å².